The van der Waals surface area contributed by atoms with Crippen LogP contribution in [0.25, 0.3) is 0 Å². The van der Waals surface area contributed by atoms with Crippen molar-refractivity contribution in [2.75, 3.05) is 6.54 Å². The predicted molar refractivity (Wildman–Crippen MR) is 82.8 cm³/mol. The summed E-state index contributed by atoms with van der Waals surface area (Å²) in [4.78, 5) is 6.62. The van der Waals surface area contributed by atoms with E-state index < -0.39 is 0 Å². The Morgan fingerprint density at radius 3 is 2.95 bits per heavy atom. The van der Waals surface area contributed by atoms with E-state index in [9.17, 15) is 9.50 Å². The minimum atomic E-state index is -0.379. The molecular weight excluding hydrogens is 281 g/mol. The van der Waals surface area contributed by atoms with Gasteiger partial charge in [0.1, 0.15) is 11.6 Å². The van der Waals surface area contributed by atoms with E-state index in [1.54, 1.807) is 18.3 Å². The normalized spacial score (nSPS) is 22.6. The lowest BCUT2D eigenvalue weighted by atomic mass is 10.0. The summed E-state index contributed by atoms with van der Waals surface area (Å²) in [5.74, 6) is 0.744. The maximum absolute atomic E-state index is 13.5. The monoisotopic (exact) mass is 303 g/mol. The van der Waals surface area contributed by atoms with Crippen LogP contribution in [0.15, 0.2) is 36.7 Å². The molecule has 1 aliphatic heterocycles. The average molecular weight is 303 g/mol. The van der Waals surface area contributed by atoms with E-state index in [2.05, 4.69) is 28.3 Å². The fourth-order valence-corrected chi connectivity index (χ4v) is 3.23. The van der Waals surface area contributed by atoms with E-state index in [1.807, 2.05) is 12.3 Å². The summed E-state index contributed by atoms with van der Waals surface area (Å²) in [6.07, 6.45) is 4.03. The summed E-state index contributed by atoms with van der Waals surface area (Å²) >= 11 is 0. The molecule has 0 amide bonds. The number of aliphatic hydroxyl groups excluding tert-OH is 1. The van der Waals surface area contributed by atoms with Gasteiger partial charge in [-0.15, -0.1) is 0 Å². The SMILES string of the molecule is CC(C)n1ccnc1CN1C[C@H](O)C[C@H]1c1cccc(F)c1. The van der Waals surface area contributed by atoms with Crippen molar-refractivity contribution in [3.63, 3.8) is 0 Å². The standard InChI is InChI=1S/C17H22FN3O/c1-12(2)21-7-6-19-17(21)11-20-10-15(22)9-16(20)13-4-3-5-14(18)8-13/h3-8,12,15-16,22H,9-11H2,1-2H3/t15-,16+/m1/s1. The van der Waals surface area contributed by atoms with Crippen LogP contribution in [0.2, 0.25) is 0 Å². The van der Waals surface area contributed by atoms with Crippen LogP contribution in [0.1, 0.15) is 43.7 Å². The van der Waals surface area contributed by atoms with Crippen LogP contribution < -0.4 is 0 Å². The van der Waals surface area contributed by atoms with Crippen molar-refractivity contribution in [2.45, 2.75) is 45.0 Å². The highest BCUT2D eigenvalue weighted by Crippen LogP contribution is 2.33. The molecule has 1 saturated heterocycles. The number of aliphatic hydroxyl groups is 1. The van der Waals surface area contributed by atoms with Gasteiger partial charge in [0, 0.05) is 31.0 Å². The predicted octanol–water partition coefficient (Wildman–Crippen LogP) is 2.91. The van der Waals surface area contributed by atoms with Crippen LogP contribution in [-0.2, 0) is 6.54 Å². The number of hydrogen-bond acceptors (Lipinski definition) is 3. The summed E-state index contributed by atoms with van der Waals surface area (Å²) in [5.41, 5.74) is 0.916. The Morgan fingerprint density at radius 1 is 1.41 bits per heavy atom. The van der Waals surface area contributed by atoms with Crippen LogP contribution in [0.4, 0.5) is 4.39 Å². The molecule has 3 rings (SSSR count). The van der Waals surface area contributed by atoms with Crippen molar-refractivity contribution in [3.8, 4) is 0 Å². The topological polar surface area (TPSA) is 41.3 Å². The Balaban J connectivity index is 1.83. The lowest BCUT2D eigenvalue weighted by molar-refractivity contribution is 0.170. The molecule has 0 radical (unpaired) electrons. The first-order valence-electron chi connectivity index (χ1n) is 7.74. The highest BCUT2D eigenvalue weighted by atomic mass is 19.1. The summed E-state index contributed by atoms with van der Waals surface area (Å²) in [6.45, 7) is 5.48. The minimum Gasteiger partial charge on any atom is -0.392 e. The van der Waals surface area contributed by atoms with Gasteiger partial charge in [-0.2, -0.15) is 0 Å². The molecular formula is C17H22FN3O. The van der Waals surface area contributed by atoms with E-state index in [-0.39, 0.29) is 18.0 Å². The summed E-state index contributed by atoms with van der Waals surface area (Å²) in [6, 6.07) is 7.03. The second-order valence-electron chi connectivity index (χ2n) is 6.23. The largest absolute Gasteiger partial charge is 0.392 e. The molecule has 2 atom stereocenters. The first-order valence-corrected chi connectivity index (χ1v) is 7.74. The number of halogens is 1. The van der Waals surface area contributed by atoms with E-state index in [1.165, 1.54) is 6.07 Å². The second kappa shape index (κ2) is 6.18. The first-order chi connectivity index (χ1) is 10.5. The number of likely N-dealkylation sites (tertiary alicyclic amines) is 1. The average Bonchev–Trinajstić information content (AvgIpc) is 3.06. The third-order valence-corrected chi connectivity index (χ3v) is 4.26. The number of benzene rings is 1. The lowest BCUT2D eigenvalue weighted by Crippen LogP contribution is -2.26. The molecule has 1 aromatic heterocycles. The van der Waals surface area contributed by atoms with Gasteiger partial charge in [-0.05, 0) is 38.0 Å². The number of β-amino-alcohol motifs (C(OH)–C–C–N with tert-alkyl or cyclic N) is 1. The van der Waals surface area contributed by atoms with E-state index in [0.29, 0.717) is 25.6 Å². The molecule has 0 bridgehead atoms. The Hall–Kier alpha value is -1.72. The fourth-order valence-electron chi connectivity index (χ4n) is 3.23. The first kappa shape index (κ1) is 15.2. The smallest absolute Gasteiger partial charge is 0.123 e. The number of hydrogen-bond donors (Lipinski definition) is 1. The number of rotatable bonds is 4. The van der Waals surface area contributed by atoms with Crippen molar-refractivity contribution < 1.29 is 9.50 Å². The van der Waals surface area contributed by atoms with Gasteiger partial charge in [-0.3, -0.25) is 4.90 Å². The molecule has 1 N–H and O–H groups in total. The highest BCUT2D eigenvalue weighted by Gasteiger charge is 2.33. The third kappa shape index (κ3) is 3.05. The van der Waals surface area contributed by atoms with E-state index in [4.69, 9.17) is 0 Å². The molecule has 2 aromatic rings. The van der Waals surface area contributed by atoms with Gasteiger partial charge >= 0.3 is 0 Å². The van der Waals surface area contributed by atoms with Crippen molar-refractivity contribution in [3.05, 3.63) is 53.9 Å². The summed E-state index contributed by atoms with van der Waals surface area (Å²) in [5, 5.41) is 10.0. The zero-order valence-corrected chi connectivity index (χ0v) is 13.0. The van der Waals surface area contributed by atoms with Gasteiger partial charge in [-0.25, -0.2) is 9.37 Å². The molecule has 4 nitrogen and oxygen atoms in total. The molecule has 0 saturated carbocycles. The molecule has 1 aromatic carbocycles. The van der Waals surface area contributed by atoms with Gasteiger partial charge in [0.25, 0.3) is 0 Å². The van der Waals surface area contributed by atoms with Crippen LogP contribution in [0.3, 0.4) is 0 Å². The lowest BCUT2D eigenvalue weighted by Gasteiger charge is -2.25. The molecule has 22 heavy (non-hydrogen) atoms. The van der Waals surface area contributed by atoms with Gasteiger partial charge in [0.2, 0.25) is 0 Å². The zero-order chi connectivity index (χ0) is 15.7. The van der Waals surface area contributed by atoms with Gasteiger partial charge in [0.15, 0.2) is 0 Å². The number of imidazole rings is 1. The Kier molecular flexibility index (Phi) is 4.27. The van der Waals surface area contributed by atoms with Crippen LogP contribution >= 0.6 is 0 Å². The third-order valence-electron chi connectivity index (χ3n) is 4.26. The molecule has 118 valence electrons. The minimum absolute atomic E-state index is 0.0306. The van der Waals surface area contributed by atoms with Crippen LogP contribution in [0.5, 0.6) is 0 Å². The quantitative estimate of drug-likeness (QED) is 0.944. The van der Waals surface area contributed by atoms with Crippen LogP contribution in [-0.4, -0.2) is 32.2 Å². The Bertz CT molecular complexity index is 640. The molecule has 0 spiro atoms. The Labute approximate surface area is 130 Å². The molecule has 1 aliphatic rings. The molecule has 1 fully saturated rings. The molecule has 0 unspecified atom stereocenters. The number of aromatic nitrogens is 2. The van der Waals surface area contributed by atoms with Crippen molar-refractivity contribution in [1.29, 1.82) is 0 Å². The molecule has 2 heterocycles. The molecule has 0 aliphatic carbocycles. The van der Waals surface area contributed by atoms with Gasteiger partial charge in [-0.1, -0.05) is 12.1 Å². The van der Waals surface area contributed by atoms with E-state index >= 15 is 0 Å². The highest BCUT2D eigenvalue weighted by molar-refractivity contribution is 5.22. The van der Waals surface area contributed by atoms with Gasteiger partial charge < -0.3 is 9.67 Å². The van der Waals surface area contributed by atoms with Gasteiger partial charge in [0.05, 0.1) is 12.6 Å². The fraction of sp³-hybridized carbons (Fsp3) is 0.471. The number of nitrogens with zero attached hydrogens (tertiary/aromatic N) is 3. The van der Waals surface area contributed by atoms with Crippen molar-refractivity contribution >= 4 is 0 Å². The maximum Gasteiger partial charge on any atom is 0.123 e. The van der Waals surface area contributed by atoms with E-state index in [0.717, 1.165) is 11.4 Å². The molecule has 5 heteroatoms. The second-order valence-corrected chi connectivity index (χ2v) is 6.23. The maximum atomic E-state index is 13.5. The summed E-state index contributed by atoms with van der Waals surface area (Å²) in [7, 11) is 0. The van der Waals surface area contributed by atoms with Crippen LogP contribution in [0, 0.1) is 5.82 Å². The Morgan fingerprint density at radius 2 is 2.23 bits per heavy atom. The summed E-state index contributed by atoms with van der Waals surface area (Å²) < 4.78 is 15.6. The van der Waals surface area contributed by atoms with Crippen molar-refractivity contribution in [2.24, 2.45) is 0 Å². The van der Waals surface area contributed by atoms with Crippen molar-refractivity contribution in [1.82, 2.24) is 14.5 Å². The zero-order valence-electron chi connectivity index (χ0n) is 13.0.